The SMILES string of the molecule is CN(C)C1(CNC(=O)c2cccc(CC#N)c2)CCCCCC1. The fraction of sp³-hybridized carbons (Fsp3) is 0.579. The Labute approximate surface area is 139 Å². The highest BCUT2D eigenvalue weighted by Gasteiger charge is 2.33. The van der Waals surface area contributed by atoms with E-state index in [-0.39, 0.29) is 11.4 Å². The average molecular weight is 313 g/mol. The van der Waals surface area contributed by atoms with Crippen molar-refractivity contribution in [1.82, 2.24) is 10.2 Å². The number of likely N-dealkylation sites (N-methyl/N-ethyl adjacent to an activating group) is 1. The summed E-state index contributed by atoms with van der Waals surface area (Å²) in [5, 5.41) is 11.9. The number of rotatable bonds is 5. The summed E-state index contributed by atoms with van der Waals surface area (Å²) in [7, 11) is 4.23. The largest absolute Gasteiger partial charge is 0.350 e. The van der Waals surface area contributed by atoms with E-state index in [9.17, 15) is 4.79 Å². The lowest BCUT2D eigenvalue weighted by molar-refractivity contribution is 0.0869. The van der Waals surface area contributed by atoms with Gasteiger partial charge in [-0.2, -0.15) is 5.26 Å². The van der Waals surface area contributed by atoms with Crippen LogP contribution in [0.5, 0.6) is 0 Å². The second-order valence-corrected chi connectivity index (χ2v) is 6.75. The van der Waals surface area contributed by atoms with E-state index in [1.165, 1.54) is 25.7 Å². The van der Waals surface area contributed by atoms with E-state index >= 15 is 0 Å². The van der Waals surface area contributed by atoms with Crippen molar-refractivity contribution < 1.29 is 4.79 Å². The van der Waals surface area contributed by atoms with E-state index in [0.29, 0.717) is 18.5 Å². The van der Waals surface area contributed by atoms with E-state index in [0.717, 1.165) is 18.4 Å². The molecule has 1 N–H and O–H groups in total. The molecule has 0 spiro atoms. The van der Waals surface area contributed by atoms with Crippen molar-refractivity contribution in [2.45, 2.75) is 50.5 Å². The topological polar surface area (TPSA) is 56.1 Å². The molecule has 1 aromatic rings. The van der Waals surface area contributed by atoms with Gasteiger partial charge in [-0.25, -0.2) is 0 Å². The van der Waals surface area contributed by atoms with Gasteiger partial charge in [0.25, 0.3) is 5.91 Å². The van der Waals surface area contributed by atoms with Crippen molar-refractivity contribution in [3.05, 3.63) is 35.4 Å². The van der Waals surface area contributed by atoms with Gasteiger partial charge in [-0.15, -0.1) is 0 Å². The van der Waals surface area contributed by atoms with Crippen molar-refractivity contribution in [2.75, 3.05) is 20.6 Å². The zero-order valence-corrected chi connectivity index (χ0v) is 14.3. The first-order valence-corrected chi connectivity index (χ1v) is 8.49. The summed E-state index contributed by atoms with van der Waals surface area (Å²) in [5.74, 6) is -0.0461. The number of hydrogen-bond donors (Lipinski definition) is 1. The Morgan fingerprint density at radius 2 is 1.96 bits per heavy atom. The minimum atomic E-state index is -0.0461. The third kappa shape index (κ3) is 4.56. The first-order valence-electron chi connectivity index (χ1n) is 8.49. The molecular weight excluding hydrogens is 286 g/mol. The van der Waals surface area contributed by atoms with Gasteiger partial charge in [0.2, 0.25) is 0 Å². The summed E-state index contributed by atoms with van der Waals surface area (Å²) in [6.45, 7) is 0.682. The van der Waals surface area contributed by atoms with Crippen LogP contribution in [0.2, 0.25) is 0 Å². The Balaban J connectivity index is 2.04. The second-order valence-electron chi connectivity index (χ2n) is 6.75. The second kappa shape index (κ2) is 8.12. The zero-order valence-electron chi connectivity index (χ0n) is 14.3. The van der Waals surface area contributed by atoms with Crippen molar-refractivity contribution >= 4 is 5.91 Å². The molecule has 23 heavy (non-hydrogen) atoms. The molecule has 0 aromatic heterocycles. The monoisotopic (exact) mass is 313 g/mol. The molecular formula is C19H27N3O. The highest BCUT2D eigenvalue weighted by Crippen LogP contribution is 2.30. The number of benzene rings is 1. The molecule has 1 fully saturated rings. The Morgan fingerprint density at radius 3 is 2.57 bits per heavy atom. The van der Waals surface area contributed by atoms with E-state index in [4.69, 9.17) is 5.26 Å². The lowest BCUT2D eigenvalue weighted by Gasteiger charge is -2.39. The number of amides is 1. The Kier molecular flexibility index (Phi) is 6.18. The molecule has 1 aliphatic rings. The normalized spacial score (nSPS) is 17.3. The summed E-state index contributed by atoms with van der Waals surface area (Å²) in [6, 6.07) is 9.47. The van der Waals surface area contributed by atoms with Gasteiger partial charge < -0.3 is 10.2 Å². The maximum atomic E-state index is 12.5. The molecule has 0 unspecified atom stereocenters. The van der Waals surface area contributed by atoms with Gasteiger partial charge in [-0.05, 0) is 44.6 Å². The maximum absolute atomic E-state index is 12.5. The molecule has 4 nitrogen and oxygen atoms in total. The fourth-order valence-corrected chi connectivity index (χ4v) is 3.43. The van der Waals surface area contributed by atoms with Crippen molar-refractivity contribution in [2.24, 2.45) is 0 Å². The highest BCUT2D eigenvalue weighted by molar-refractivity contribution is 5.94. The van der Waals surface area contributed by atoms with Gasteiger partial charge in [0.05, 0.1) is 12.5 Å². The lowest BCUT2D eigenvalue weighted by Crippen LogP contribution is -2.52. The number of nitrogens with one attached hydrogen (secondary N) is 1. The molecule has 1 amide bonds. The predicted molar refractivity (Wildman–Crippen MR) is 92.2 cm³/mol. The van der Waals surface area contributed by atoms with Crippen LogP contribution in [0.4, 0.5) is 0 Å². The van der Waals surface area contributed by atoms with Crippen molar-refractivity contribution in [3.63, 3.8) is 0 Å². The van der Waals surface area contributed by atoms with Crippen LogP contribution in [0.15, 0.2) is 24.3 Å². The van der Waals surface area contributed by atoms with Crippen molar-refractivity contribution in [3.8, 4) is 6.07 Å². The van der Waals surface area contributed by atoms with Crippen LogP contribution in [-0.2, 0) is 6.42 Å². The van der Waals surface area contributed by atoms with Crippen LogP contribution in [0, 0.1) is 11.3 Å². The molecule has 0 saturated heterocycles. The van der Waals surface area contributed by atoms with E-state index in [1.807, 2.05) is 24.3 Å². The maximum Gasteiger partial charge on any atom is 0.251 e. The van der Waals surface area contributed by atoms with Gasteiger partial charge in [0, 0.05) is 17.6 Å². The Hall–Kier alpha value is -1.86. The molecule has 0 atom stereocenters. The van der Waals surface area contributed by atoms with Gasteiger partial charge in [0.15, 0.2) is 0 Å². The molecule has 0 bridgehead atoms. The standard InChI is InChI=1S/C19H27N3O/c1-22(2)19(11-5-3-4-6-12-19)15-21-18(23)17-9-7-8-16(14-17)10-13-20/h7-9,14H,3-6,10-12,15H2,1-2H3,(H,21,23). The molecule has 1 aromatic carbocycles. The quantitative estimate of drug-likeness (QED) is 0.850. The van der Waals surface area contributed by atoms with Gasteiger partial charge in [-0.3, -0.25) is 4.79 Å². The molecule has 0 heterocycles. The van der Waals surface area contributed by atoms with Crippen LogP contribution in [0.3, 0.4) is 0 Å². The average Bonchev–Trinajstić information content (AvgIpc) is 2.80. The summed E-state index contributed by atoms with van der Waals surface area (Å²) >= 11 is 0. The summed E-state index contributed by atoms with van der Waals surface area (Å²) in [5.41, 5.74) is 1.59. The van der Waals surface area contributed by atoms with Crippen LogP contribution < -0.4 is 5.32 Å². The molecule has 1 aliphatic carbocycles. The number of carbonyl (C=O) groups excluding carboxylic acids is 1. The van der Waals surface area contributed by atoms with E-state index < -0.39 is 0 Å². The van der Waals surface area contributed by atoms with Gasteiger partial charge in [0.1, 0.15) is 0 Å². The van der Waals surface area contributed by atoms with Crippen LogP contribution in [0.1, 0.15) is 54.4 Å². The fourth-order valence-electron chi connectivity index (χ4n) is 3.43. The first kappa shape index (κ1) is 17.5. The van der Waals surface area contributed by atoms with Crippen LogP contribution in [0.25, 0.3) is 0 Å². The van der Waals surface area contributed by atoms with E-state index in [2.05, 4.69) is 30.4 Å². The predicted octanol–water partition coefficient (Wildman–Crippen LogP) is 3.14. The first-order chi connectivity index (χ1) is 11.1. The minimum absolute atomic E-state index is 0.0461. The highest BCUT2D eigenvalue weighted by atomic mass is 16.1. The molecule has 0 radical (unpaired) electrons. The third-order valence-corrected chi connectivity index (χ3v) is 5.03. The molecule has 2 rings (SSSR count). The van der Waals surface area contributed by atoms with Gasteiger partial charge in [-0.1, -0.05) is 37.8 Å². The van der Waals surface area contributed by atoms with Crippen LogP contribution in [-0.4, -0.2) is 37.0 Å². The summed E-state index contributed by atoms with van der Waals surface area (Å²) in [6.07, 6.45) is 7.64. The van der Waals surface area contributed by atoms with Crippen molar-refractivity contribution in [1.29, 1.82) is 5.26 Å². The molecule has 0 aliphatic heterocycles. The summed E-state index contributed by atoms with van der Waals surface area (Å²) < 4.78 is 0. The number of nitrogens with zero attached hydrogens (tertiary/aromatic N) is 2. The lowest BCUT2D eigenvalue weighted by atomic mass is 9.88. The molecule has 4 heteroatoms. The molecule has 1 saturated carbocycles. The van der Waals surface area contributed by atoms with E-state index in [1.54, 1.807) is 0 Å². The Morgan fingerprint density at radius 1 is 1.26 bits per heavy atom. The van der Waals surface area contributed by atoms with Crippen LogP contribution >= 0.6 is 0 Å². The Bertz CT molecular complexity index is 566. The summed E-state index contributed by atoms with van der Waals surface area (Å²) in [4.78, 5) is 14.8. The molecule has 124 valence electrons. The number of nitriles is 1. The smallest absolute Gasteiger partial charge is 0.251 e. The van der Waals surface area contributed by atoms with Gasteiger partial charge >= 0.3 is 0 Å². The third-order valence-electron chi connectivity index (χ3n) is 5.03. The minimum Gasteiger partial charge on any atom is -0.350 e. The zero-order chi connectivity index (χ0) is 16.7. The number of carbonyl (C=O) groups is 1. The number of hydrogen-bond acceptors (Lipinski definition) is 3.